The molecule has 0 amide bonds. The standard InChI is InChI=1S/C32H55N3O14/c1-3-5-6-28(4-2)32(36)49-26-25-48-24-23-47-22-21-46-20-19-45-18-17-44-16-15-43-14-13-42-12-11-41-10-9-33-30-8-7-29(34(37)38)27-31(30)35(39)40/h7-8,27-28,33H,3-6,9-26H2,1-2H3. The summed E-state index contributed by atoms with van der Waals surface area (Å²) in [5, 5.41) is 24.8. The molecular formula is C32H55N3O14. The SMILES string of the molecule is CCCCC(CC)C(=O)OCCOCCOCCOCCOCCOCCOCCOCCOCCNc1ccc([N+](=O)[O-])cc1[N+](=O)[O-]. The second-order valence-corrected chi connectivity index (χ2v) is 10.5. The zero-order valence-electron chi connectivity index (χ0n) is 29.0. The number of carbonyl (C=O) groups is 1. The smallest absolute Gasteiger partial charge is 0.308 e. The molecule has 17 heteroatoms. The number of esters is 1. The number of non-ortho nitro benzene ring substituents is 1. The Morgan fingerprint density at radius 3 is 1.47 bits per heavy atom. The zero-order chi connectivity index (χ0) is 35.8. The molecular weight excluding hydrogens is 650 g/mol. The summed E-state index contributed by atoms with van der Waals surface area (Å²) in [7, 11) is 0. The van der Waals surface area contributed by atoms with Crippen molar-refractivity contribution in [2.24, 2.45) is 5.92 Å². The van der Waals surface area contributed by atoms with Gasteiger partial charge in [-0.1, -0.05) is 26.7 Å². The maximum Gasteiger partial charge on any atom is 0.308 e. The van der Waals surface area contributed by atoms with Gasteiger partial charge in [0.2, 0.25) is 0 Å². The molecule has 1 N–H and O–H groups in total. The average molecular weight is 706 g/mol. The van der Waals surface area contributed by atoms with Crippen LogP contribution in [0.2, 0.25) is 0 Å². The fraction of sp³-hybridized carbons (Fsp3) is 0.781. The van der Waals surface area contributed by atoms with E-state index in [0.717, 1.165) is 31.7 Å². The third-order valence-corrected chi connectivity index (χ3v) is 6.76. The minimum absolute atomic E-state index is 0.0188. The van der Waals surface area contributed by atoms with E-state index in [2.05, 4.69) is 12.2 Å². The van der Waals surface area contributed by atoms with Crippen LogP contribution in [0.25, 0.3) is 0 Å². The average Bonchev–Trinajstić information content (AvgIpc) is 3.09. The van der Waals surface area contributed by atoms with Gasteiger partial charge in [-0.3, -0.25) is 25.0 Å². The van der Waals surface area contributed by atoms with Crippen molar-refractivity contribution >= 4 is 23.0 Å². The molecule has 0 aliphatic carbocycles. The first-order valence-electron chi connectivity index (χ1n) is 16.9. The highest BCUT2D eigenvalue weighted by atomic mass is 16.6. The number of ether oxygens (including phenoxy) is 9. The van der Waals surface area contributed by atoms with Gasteiger partial charge in [0.25, 0.3) is 11.4 Å². The molecule has 1 aromatic carbocycles. The van der Waals surface area contributed by atoms with Crippen LogP contribution in [0.15, 0.2) is 18.2 Å². The first-order valence-corrected chi connectivity index (χ1v) is 16.9. The number of nitrogens with zero attached hydrogens (tertiary/aromatic N) is 2. The van der Waals surface area contributed by atoms with Gasteiger partial charge in [0, 0.05) is 12.6 Å². The molecule has 0 aromatic heterocycles. The lowest BCUT2D eigenvalue weighted by Crippen LogP contribution is -2.20. The van der Waals surface area contributed by atoms with Crippen LogP contribution in [0.4, 0.5) is 17.1 Å². The Kier molecular flexibility index (Phi) is 27.8. The number of anilines is 1. The molecule has 17 nitrogen and oxygen atoms in total. The molecule has 0 saturated heterocycles. The van der Waals surface area contributed by atoms with E-state index in [0.29, 0.717) is 99.1 Å². The molecule has 1 aromatic rings. The number of unbranched alkanes of at least 4 members (excludes halogenated alkanes) is 1. The monoisotopic (exact) mass is 705 g/mol. The summed E-state index contributed by atoms with van der Waals surface area (Å²) in [5.74, 6) is -0.154. The molecule has 0 fully saturated rings. The highest BCUT2D eigenvalue weighted by Crippen LogP contribution is 2.28. The van der Waals surface area contributed by atoms with Crippen molar-refractivity contribution in [2.45, 2.75) is 39.5 Å². The Labute approximate surface area is 288 Å². The molecule has 0 heterocycles. The Hall–Kier alpha value is -3.03. The van der Waals surface area contributed by atoms with E-state index in [4.69, 9.17) is 42.6 Å². The first-order chi connectivity index (χ1) is 23.9. The number of rotatable bonds is 35. The summed E-state index contributed by atoms with van der Waals surface area (Å²) in [5.41, 5.74) is -0.531. The van der Waals surface area contributed by atoms with Crippen molar-refractivity contribution in [3.05, 3.63) is 38.4 Å². The van der Waals surface area contributed by atoms with Gasteiger partial charge in [-0.05, 0) is 18.9 Å². The largest absolute Gasteiger partial charge is 0.463 e. The molecule has 1 atom stereocenters. The zero-order valence-corrected chi connectivity index (χ0v) is 29.0. The predicted molar refractivity (Wildman–Crippen MR) is 179 cm³/mol. The third-order valence-electron chi connectivity index (χ3n) is 6.76. The van der Waals surface area contributed by atoms with Crippen LogP contribution in [0, 0.1) is 26.1 Å². The summed E-state index contributed by atoms with van der Waals surface area (Å²) in [6.07, 6.45) is 3.78. The van der Waals surface area contributed by atoms with Crippen LogP contribution in [-0.4, -0.2) is 135 Å². The van der Waals surface area contributed by atoms with E-state index in [-0.39, 0.29) is 48.7 Å². The van der Waals surface area contributed by atoms with Crippen molar-refractivity contribution in [3.63, 3.8) is 0 Å². The van der Waals surface area contributed by atoms with E-state index in [1.165, 1.54) is 12.1 Å². The van der Waals surface area contributed by atoms with E-state index < -0.39 is 9.85 Å². The van der Waals surface area contributed by atoms with E-state index in [1.54, 1.807) is 0 Å². The number of carbonyl (C=O) groups excluding carboxylic acids is 1. The predicted octanol–water partition coefficient (Wildman–Crippen LogP) is 3.81. The van der Waals surface area contributed by atoms with Crippen LogP contribution in [0.1, 0.15) is 39.5 Å². The highest BCUT2D eigenvalue weighted by molar-refractivity contribution is 5.72. The Morgan fingerprint density at radius 1 is 0.653 bits per heavy atom. The van der Waals surface area contributed by atoms with Crippen LogP contribution in [0.3, 0.4) is 0 Å². The highest BCUT2D eigenvalue weighted by Gasteiger charge is 2.19. The summed E-state index contributed by atoms with van der Waals surface area (Å²) < 4.78 is 48.8. The molecule has 0 aliphatic rings. The lowest BCUT2D eigenvalue weighted by atomic mass is 10.00. The fourth-order valence-electron chi connectivity index (χ4n) is 4.09. The molecule has 0 saturated carbocycles. The molecule has 0 radical (unpaired) electrons. The summed E-state index contributed by atoms with van der Waals surface area (Å²) in [6, 6.07) is 3.42. The van der Waals surface area contributed by atoms with Crippen molar-refractivity contribution < 1.29 is 57.3 Å². The van der Waals surface area contributed by atoms with E-state index >= 15 is 0 Å². The normalized spacial score (nSPS) is 11.8. The Morgan fingerprint density at radius 2 is 1.08 bits per heavy atom. The van der Waals surface area contributed by atoms with Crippen LogP contribution < -0.4 is 5.32 Å². The molecule has 1 rings (SSSR count). The Bertz CT molecular complexity index is 1000. The fourth-order valence-corrected chi connectivity index (χ4v) is 4.09. The second kappa shape index (κ2) is 31.0. The van der Waals surface area contributed by atoms with Gasteiger partial charge in [-0.25, -0.2) is 0 Å². The number of hydrogen-bond donors (Lipinski definition) is 1. The van der Waals surface area contributed by atoms with E-state index in [9.17, 15) is 25.0 Å². The van der Waals surface area contributed by atoms with Crippen molar-refractivity contribution in [2.75, 3.05) is 124 Å². The van der Waals surface area contributed by atoms with Crippen molar-refractivity contribution in [1.82, 2.24) is 0 Å². The summed E-state index contributed by atoms with van der Waals surface area (Å²) in [4.78, 5) is 32.6. The lowest BCUT2D eigenvalue weighted by molar-refractivity contribution is -0.393. The lowest BCUT2D eigenvalue weighted by Gasteiger charge is -2.13. The molecule has 0 bridgehead atoms. The quantitative estimate of drug-likeness (QED) is 0.0462. The maximum atomic E-state index is 12.0. The van der Waals surface area contributed by atoms with Crippen molar-refractivity contribution in [3.8, 4) is 0 Å². The second-order valence-electron chi connectivity index (χ2n) is 10.5. The topological polar surface area (TPSA) is 198 Å². The minimum atomic E-state index is -0.683. The van der Waals surface area contributed by atoms with Crippen LogP contribution in [-0.2, 0) is 47.4 Å². The van der Waals surface area contributed by atoms with Gasteiger partial charge in [0.15, 0.2) is 0 Å². The molecule has 0 aliphatic heterocycles. The number of nitrogens with one attached hydrogen (secondary N) is 1. The van der Waals surface area contributed by atoms with E-state index in [1.807, 2.05) is 6.92 Å². The van der Waals surface area contributed by atoms with Gasteiger partial charge in [0.1, 0.15) is 12.3 Å². The van der Waals surface area contributed by atoms with Crippen LogP contribution >= 0.6 is 0 Å². The Balaban J connectivity index is 1.77. The molecule has 49 heavy (non-hydrogen) atoms. The van der Waals surface area contributed by atoms with Gasteiger partial charge in [-0.2, -0.15) is 0 Å². The van der Waals surface area contributed by atoms with Gasteiger partial charge >= 0.3 is 5.97 Å². The number of hydrogen-bond acceptors (Lipinski definition) is 15. The summed E-state index contributed by atoms with van der Waals surface area (Å²) in [6.45, 7) is 11.3. The molecule has 1 unspecified atom stereocenters. The first kappa shape index (κ1) is 44.0. The number of benzene rings is 1. The van der Waals surface area contributed by atoms with Crippen molar-refractivity contribution in [1.29, 1.82) is 0 Å². The van der Waals surface area contributed by atoms with Crippen LogP contribution in [0.5, 0.6) is 0 Å². The van der Waals surface area contributed by atoms with Gasteiger partial charge in [0.05, 0.1) is 128 Å². The molecule has 282 valence electrons. The minimum Gasteiger partial charge on any atom is -0.463 e. The third kappa shape index (κ3) is 23.9. The van der Waals surface area contributed by atoms with Gasteiger partial charge < -0.3 is 47.9 Å². The number of nitro groups is 2. The summed E-state index contributed by atoms with van der Waals surface area (Å²) >= 11 is 0. The maximum absolute atomic E-state index is 12.0. The van der Waals surface area contributed by atoms with Gasteiger partial charge in [-0.15, -0.1) is 0 Å². The number of nitro benzene ring substituents is 2. The molecule has 0 spiro atoms.